The van der Waals surface area contributed by atoms with Crippen LogP contribution < -0.4 is 4.74 Å². The lowest BCUT2D eigenvalue weighted by atomic mass is 10.2. The zero-order valence-corrected chi connectivity index (χ0v) is 10.9. The molecule has 0 N–H and O–H groups in total. The van der Waals surface area contributed by atoms with Crippen molar-refractivity contribution in [3.05, 3.63) is 53.5 Å². The van der Waals surface area contributed by atoms with Crippen molar-refractivity contribution < 1.29 is 9.13 Å². The van der Waals surface area contributed by atoms with Crippen LogP contribution in [0.5, 0.6) is 11.6 Å². The molecule has 0 aliphatic rings. The van der Waals surface area contributed by atoms with Gasteiger partial charge in [-0.15, -0.1) is 0 Å². The molecule has 0 aliphatic heterocycles. The van der Waals surface area contributed by atoms with E-state index in [9.17, 15) is 4.39 Å². The van der Waals surface area contributed by atoms with E-state index in [1.54, 1.807) is 18.3 Å². The first kappa shape index (κ1) is 12.0. The fraction of sp³-hybridized carbons (Fsp3) is 0.154. The van der Waals surface area contributed by atoms with Gasteiger partial charge in [-0.05, 0) is 24.1 Å². The molecule has 0 atom stereocenters. The highest BCUT2D eigenvalue weighted by Gasteiger charge is 2.04. The van der Waals surface area contributed by atoms with Gasteiger partial charge in [-0.3, -0.25) is 0 Å². The van der Waals surface area contributed by atoms with Crippen molar-refractivity contribution >= 4 is 15.9 Å². The number of rotatable bonds is 3. The van der Waals surface area contributed by atoms with Gasteiger partial charge in [-0.2, -0.15) is 0 Å². The average Bonchev–Trinajstić information content (AvgIpc) is 2.35. The number of hydrogen-bond acceptors (Lipinski definition) is 2. The Bertz CT molecular complexity index is 513. The maximum atomic E-state index is 13.1. The van der Waals surface area contributed by atoms with Crippen molar-refractivity contribution in [2.24, 2.45) is 0 Å². The second-order valence-electron chi connectivity index (χ2n) is 3.65. The van der Waals surface area contributed by atoms with Crippen LogP contribution in [0.3, 0.4) is 0 Å². The van der Waals surface area contributed by atoms with Gasteiger partial charge in [0.2, 0.25) is 5.88 Å². The Morgan fingerprint density at radius 2 is 2.12 bits per heavy atom. The quantitative estimate of drug-likeness (QED) is 0.791. The zero-order valence-electron chi connectivity index (χ0n) is 9.28. The monoisotopic (exact) mass is 295 g/mol. The summed E-state index contributed by atoms with van der Waals surface area (Å²) >= 11 is 3.34. The summed E-state index contributed by atoms with van der Waals surface area (Å²) in [6.45, 7) is 1.86. The van der Waals surface area contributed by atoms with Crippen molar-refractivity contribution in [2.45, 2.75) is 12.3 Å². The topological polar surface area (TPSA) is 22.1 Å². The maximum Gasteiger partial charge on any atom is 0.219 e. The molecule has 2 aromatic rings. The van der Waals surface area contributed by atoms with Crippen LogP contribution in [-0.2, 0) is 5.33 Å². The SMILES string of the molecule is Cc1ccc(F)cc1Oc1ccc(CBr)cn1. The second-order valence-corrected chi connectivity index (χ2v) is 4.21. The minimum atomic E-state index is -0.317. The van der Waals surface area contributed by atoms with Gasteiger partial charge in [0.25, 0.3) is 0 Å². The smallest absolute Gasteiger partial charge is 0.219 e. The number of alkyl halides is 1. The summed E-state index contributed by atoms with van der Waals surface area (Å²) in [5.74, 6) is 0.634. The normalized spacial score (nSPS) is 10.3. The first-order chi connectivity index (χ1) is 8.19. The third-order valence-corrected chi connectivity index (χ3v) is 2.96. The highest BCUT2D eigenvalue weighted by Crippen LogP contribution is 2.24. The number of aryl methyl sites for hydroxylation is 1. The van der Waals surface area contributed by atoms with Crippen LogP contribution >= 0.6 is 15.9 Å². The number of halogens is 2. The van der Waals surface area contributed by atoms with Gasteiger partial charge in [0.1, 0.15) is 11.6 Å². The summed E-state index contributed by atoms with van der Waals surface area (Å²) in [5.41, 5.74) is 1.94. The molecule has 0 radical (unpaired) electrons. The van der Waals surface area contributed by atoms with E-state index in [0.717, 1.165) is 16.5 Å². The van der Waals surface area contributed by atoms with Gasteiger partial charge < -0.3 is 4.74 Å². The molecular weight excluding hydrogens is 285 g/mol. The predicted molar refractivity (Wildman–Crippen MR) is 68.1 cm³/mol. The molecule has 0 spiro atoms. The van der Waals surface area contributed by atoms with Gasteiger partial charge >= 0.3 is 0 Å². The van der Waals surface area contributed by atoms with Crippen molar-refractivity contribution in [1.82, 2.24) is 4.98 Å². The molecule has 0 aliphatic carbocycles. The number of hydrogen-bond donors (Lipinski definition) is 0. The Balaban J connectivity index is 2.22. The molecule has 0 fully saturated rings. The highest BCUT2D eigenvalue weighted by molar-refractivity contribution is 9.08. The van der Waals surface area contributed by atoms with Crippen molar-refractivity contribution in [2.75, 3.05) is 0 Å². The van der Waals surface area contributed by atoms with E-state index < -0.39 is 0 Å². The predicted octanol–water partition coefficient (Wildman–Crippen LogP) is 4.22. The molecule has 2 nitrogen and oxygen atoms in total. The van der Waals surface area contributed by atoms with Crippen LogP contribution in [0.4, 0.5) is 4.39 Å². The number of nitrogens with zero attached hydrogens (tertiary/aromatic N) is 1. The second kappa shape index (κ2) is 5.27. The first-order valence-electron chi connectivity index (χ1n) is 5.14. The molecule has 4 heteroatoms. The van der Waals surface area contributed by atoms with E-state index in [4.69, 9.17) is 4.74 Å². The standard InChI is InChI=1S/C13H11BrFNO/c1-9-2-4-11(15)6-12(9)17-13-5-3-10(7-14)8-16-13/h2-6,8H,7H2,1H3. The molecule has 1 aromatic heterocycles. The molecular formula is C13H11BrFNO. The summed E-state index contributed by atoms with van der Waals surface area (Å²) < 4.78 is 18.6. The number of aromatic nitrogens is 1. The van der Waals surface area contributed by atoms with E-state index in [1.165, 1.54) is 12.1 Å². The van der Waals surface area contributed by atoms with Crippen LogP contribution in [0.15, 0.2) is 36.5 Å². The Kier molecular flexibility index (Phi) is 3.74. The van der Waals surface area contributed by atoms with Crippen LogP contribution in [0.1, 0.15) is 11.1 Å². The third-order valence-electron chi connectivity index (χ3n) is 2.32. The molecule has 0 saturated carbocycles. The molecule has 1 aromatic carbocycles. The molecule has 88 valence electrons. The molecule has 0 unspecified atom stereocenters. The van der Waals surface area contributed by atoms with Gasteiger partial charge in [-0.25, -0.2) is 9.37 Å². The van der Waals surface area contributed by atoms with E-state index in [2.05, 4.69) is 20.9 Å². The Morgan fingerprint density at radius 3 is 2.76 bits per heavy atom. The Morgan fingerprint density at radius 1 is 1.29 bits per heavy atom. The summed E-state index contributed by atoms with van der Waals surface area (Å²) in [5, 5.41) is 0.749. The van der Waals surface area contributed by atoms with Crippen LogP contribution in [-0.4, -0.2) is 4.98 Å². The molecule has 1 heterocycles. The third kappa shape index (κ3) is 3.03. The molecule has 0 amide bonds. The number of ether oxygens (including phenoxy) is 1. The highest BCUT2D eigenvalue weighted by atomic mass is 79.9. The van der Waals surface area contributed by atoms with Crippen LogP contribution in [0, 0.1) is 12.7 Å². The summed E-state index contributed by atoms with van der Waals surface area (Å²) in [4.78, 5) is 4.14. The average molecular weight is 296 g/mol. The molecule has 0 bridgehead atoms. The maximum absolute atomic E-state index is 13.1. The Labute approximate surface area is 108 Å². The van der Waals surface area contributed by atoms with Gasteiger partial charge in [-0.1, -0.05) is 28.1 Å². The van der Waals surface area contributed by atoms with E-state index in [0.29, 0.717) is 11.6 Å². The lowest BCUT2D eigenvalue weighted by molar-refractivity contribution is 0.454. The summed E-state index contributed by atoms with van der Waals surface area (Å²) in [7, 11) is 0. The van der Waals surface area contributed by atoms with Gasteiger partial charge in [0.05, 0.1) is 0 Å². The molecule has 2 rings (SSSR count). The number of pyridine rings is 1. The van der Waals surface area contributed by atoms with Crippen LogP contribution in [0.25, 0.3) is 0 Å². The fourth-order valence-corrected chi connectivity index (χ4v) is 1.68. The lowest BCUT2D eigenvalue weighted by Gasteiger charge is -2.07. The van der Waals surface area contributed by atoms with Gasteiger partial charge in [0.15, 0.2) is 0 Å². The minimum Gasteiger partial charge on any atom is -0.439 e. The molecule has 0 saturated heterocycles. The van der Waals surface area contributed by atoms with E-state index in [1.807, 2.05) is 13.0 Å². The largest absolute Gasteiger partial charge is 0.439 e. The van der Waals surface area contributed by atoms with Crippen molar-refractivity contribution in [3.8, 4) is 11.6 Å². The van der Waals surface area contributed by atoms with Crippen LogP contribution in [0.2, 0.25) is 0 Å². The zero-order chi connectivity index (χ0) is 12.3. The van der Waals surface area contributed by atoms with Gasteiger partial charge in [0, 0.05) is 23.7 Å². The Hall–Kier alpha value is -1.42. The summed E-state index contributed by atoms with van der Waals surface area (Å²) in [6.07, 6.45) is 1.72. The molecule has 17 heavy (non-hydrogen) atoms. The first-order valence-corrected chi connectivity index (χ1v) is 6.26. The summed E-state index contributed by atoms with van der Waals surface area (Å²) in [6, 6.07) is 8.11. The van der Waals surface area contributed by atoms with Crippen molar-refractivity contribution in [3.63, 3.8) is 0 Å². The lowest BCUT2D eigenvalue weighted by Crippen LogP contribution is -1.91. The van der Waals surface area contributed by atoms with E-state index >= 15 is 0 Å². The van der Waals surface area contributed by atoms with E-state index in [-0.39, 0.29) is 5.82 Å². The number of benzene rings is 1. The minimum absolute atomic E-state index is 0.317. The fourth-order valence-electron chi connectivity index (χ4n) is 1.35. The van der Waals surface area contributed by atoms with Crippen molar-refractivity contribution in [1.29, 1.82) is 0 Å².